The van der Waals surface area contributed by atoms with Gasteiger partial charge >= 0.3 is 11.7 Å². The van der Waals surface area contributed by atoms with Gasteiger partial charge in [-0.15, -0.1) is 0 Å². The van der Waals surface area contributed by atoms with Gasteiger partial charge in [-0.25, -0.2) is 4.79 Å². The van der Waals surface area contributed by atoms with Crippen LogP contribution in [-0.4, -0.2) is 50.3 Å². The van der Waals surface area contributed by atoms with E-state index in [0.29, 0.717) is 5.56 Å². The van der Waals surface area contributed by atoms with E-state index in [-0.39, 0.29) is 18.7 Å². The molecule has 0 bridgehead atoms. The average molecular weight is 376 g/mol. The van der Waals surface area contributed by atoms with Crippen LogP contribution in [0.3, 0.4) is 0 Å². The van der Waals surface area contributed by atoms with E-state index < -0.39 is 46.4 Å². The summed E-state index contributed by atoms with van der Waals surface area (Å²) >= 11 is 0. The van der Waals surface area contributed by atoms with Crippen LogP contribution in [0.25, 0.3) is 5.53 Å². The fourth-order valence-electron chi connectivity index (χ4n) is 2.63. The van der Waals surface area contributed by atoms with Gasteiger partial charge in [-0.1, -0.05) is 0 Å². The number of hydrogen-bond donors (Lipinski definition) is 2. The summed E-state index contributed by atoms with van der Waals surface area (Å²) < 4.78 is 4.87. The van der Waals surface area contributed by atoms with Crippen molar-refractivity contribution in [1.29, 1.82) is 0 Å². The van der Waals surface area contributed by atoms with E-state index in [4.69, 9.17) is 10.3 Å². The van der Waals surface area contributed by atoms with Gasteiger partial charge in [0.15, 0.2) is 0 Å². The third-order valence-electron chi connectivity index (χ3n) is 4.06. The lowest BCUT2D eigenvalue weighted by Crippen LogP contribution is -2.62. The van der Waals surface area contributed by atoms with Gasteiger partial charge < -0.3 is 20.7 Å². The van der Waals surface area contributed by atoms with E-state index >= 15 is 0 Å². The largest absolute Gasteiger partial charge is 0.452 e. The number of β-lactam (4-membered cyclic amide) rings is 1. The van der Waals surface area contributed by atoms with Crippen LogP contribution in [0.5, 0.6) is 0 Å². The first kappa shape index (κ1) is 19.9. The molecule has 0 aliphatic carbocycles. The first-order valence-corrected chi connectivity index (χ1v) is 7.88. The van der Waals surface area contributed by atoms with E-state index in [0.717, 1.165) is 0 Å². The van der Waals surface area contributed by atoms with Crippen LogP contribution >= 0.6 is 0 Å². The van der Waals surface area contributed by atoms with Crippen LogP contribution in [0.4, 0.5) is 5.69 Å². The summed E-state index contributed by atoms with van der Waals surface area (Å²) in [6.45, 7) is 1.11. The van der Waals surface area contributed by atoms with Crippen LogP contribution in [0.2, 0.25) is 0 Å². The predicted molar refractivity (Wildman–Crippen MR) is 88.2 cm³/mol. The number of ether oxygens (including phenoxy) is 1. The Balaban J connectivity index is 1.93. The van der Waals surface area contributed by atoms with Gasteiger partial charge in [0.2, 0.25) is 5.91 Å². The molecule has 0 spiro atoms. The second-order valence-corrected chi connectivity index (χ2v) is 5.96. The van der Waals surface area contributed by atoms with Gasteiger partial charge in [0.05, 0.1) is 23.0 Å². The smallest absolute Gasteiger partial charge is 0.441 e. The third-order valence-corrected chi connectivity index (χ3v) is 4.06. The molecule has 1 aromatic rings. The van der Waals surface area contributed by atoms with Crippen molar-refractivity contribution >= 4 is 29.1 Å². The van der Waals surface area contributed by atoms with Gasteiger partial charge in [-0.3, -0.25) is 19.7 Å². The summed E-state index contributed by atoms with van der Waals surface area (Å²) in [5, 5.41) is 22.5. The second-order valence-electron chi connectivity index (χ2n) is 5.96. The number of nitro benzene ring substituents is 1. The molecule has 1 heterocycles. The van der Waals surface area contributed by atoms with E-state index in [2.05, 4.69) is 10.1 Å². The zero-order chi connectivity index (χ0) is 20.1. The maximum absolute atomic E-state index is 12.1. The lowest BCUT2D eigenvalue weighted by Gasteiger charge is -2.37. The SMILES string of the molecule is C[C@@H](O)[C@H]1C(=O)N[C@@H]1CC(=O)C(=[N+]=[N-])C(=O)OCc1ccc([N+](=O)[O-])cc1. The molecule has 0 saturated carbocycles. The molecule has 0 radical (unpaired) electrons. The number of amides is 1. The summed E-state index contributed by atoms with van der Waals surface area (Å²) in [6.07, 6.45) is -1.31. The fraction of sp³-hybridized carbons (Fsp3) is 0.375. The summed E-state index contributed by atoms with van der Waals surface area (Å²) in [7, 11) is 0. The van der Waals surface area contributed by atoms with E-state index in [1.807, 2.05) is 0 Å². The van der Waals surface area contributed by atoms with Crippen molar-refractivity contribution in [2.24, 2.45) is 5.92 Å². The quantitative estimate of drug-likeness (QED) is 0.0920. The molecule has 11 nitrogen and oxygen atoms in total. The Labute approximate surface area is 152 Å². The Hall–Kier alpha value is -3.43. The number of nitrogens with one attached hydrogen (secondary N) is 1. The minimum atomic E-state index is -1.18. The molecule has 27 heavy (non-hydrogen) atoms. The van der Waals surface area contributed by atoms with Crippen molar-refractivity contribution in [3.63, 3.8) is 0 Å². The Morgan fingerprint density at radius 2 is 2.04 bits per heavy atom. The van der Waals surface area contributed by atoms with Crippen molar-refractivity contribution in [1.82, 2.24) is 5.32 Å². The lowest BCUT2D eigenvalue weighted by molar-refractivity contribution is -0.384. The normalized spacial score (nSPS) is 19.1. The molecule has 1 aliphatic heterocycles. The van der Waals surface area contributed by atoms with Crippen LogP contribution < -0.4 is 5.32 Å². The van der Waals surface area contributed by atoms with Crippen molar-refractivity contribution < 1.29 is 33.9 Å². The molecule has 2 rings (SSSR count). The molecule has 1 fully saturated rings. The van der Waals surface area contributed by atoms with E-state index in [1.54, 1.807) is 0 Å². The van der Waals surface area contributed by atoms with E-state index in [1.165, 1.54) is 31.2 Å². The molecular weight excluding hydrogens is 360 g/mol. The molecule has 3 atom stereocenters. The molecule has 2 N–H and O–H groups in total. The number of nitro groups is 1. The first-order valence-electron chi connectivity index (χ1n) is 7.88. The topological polar surface area (TPSA) is 172 Å². The van der Waals surface area contributed by atoms with Gasteiger partial charge in [-0.05, 0) is 24.6 Å². The summed E-state index contributed by atoms with van der Waals surface area (Å²) in [5.74, 6) is -3.24. The number of rotatable bonds is 8. The average Bonchev–Trinajstić information content (AvgIpc) is 2.59. The zero-order valence-corrected chi connectivity index (χ0v) is 14.2. The molecular formula is C16H16N4O7. The molecule has 0 aromatic heterocycles. The first-order chi connectivity index (χ1) is 12.7. The van der Waals surface area contributed by atoms with Crippen LogP contribution in [0.15, 0.2) is 24.3 Å². The number of aliphatic hydroxyl groups excluding tert-OH is 1. The monoisotopic (exact) mass is 376 g/mol. The van der Waals surface area contributed by atoms with Crippen molar-refractivity contribution in [2.75, 3.05) is 0 Å². The number of aliphatic hydroxyl groups is 1. The Kier molecular flexibility index (Phi) is 6.11. The summed E-state index contributed by atoms with van der Waals surface area (Å²) in [6, 6.07) is 4.53. The van der Waals surface area contributed by atoms with Crippen molar-refractivity contribution in [3.8, 4) is 0 Å². The number of hydrogen-bond acceptors (Lipinski definition) is 7. The Bertz CT molecular complexity index is 828. The maximum atomic E-state index is 12.1. The Morgan fingerprint density at radius 1 is 1.41 bits per heavy atom. The number of carbonyl (C=O) groups is 3. The van der Waals surface area contributed by atoms with Crippen LogP contribution in [-0.2, 0) is 25.7 Å². The van der Waals surface area contributed by atoms with Crippen molar-refractivity contribution in [3.05, 3.63) is 45.5 Å². The molecule has 1 saturated heterocycles. The minimum absolute atomic E-state index is 0.131. The highest BCUT2D eigenvalue weighted by molar-refractivity contribution is 6.62. The number of carbonyl (C=O) groups excluding carboxylic acids is 3. The summed E-state index contributed by atoms with van der Waals surface area (Å²) in [5.41, 5.74) is 8.40. The molecule has 1 amide bonds. The van der Waals surface area contributed by atoms with Crippen LogP contribution in [0.1, 0.15) is 18.9 Å². The van der Waals surface area contributed by atoms with Crippen molar-refractivity contribution in [2.45, 2.75) is 32.1 Å². The molecule has 0 unspecified atom stereocenters. The predicted octanol–water partition coefficient (Wildman–Crippen LogP) is -0.237. The molecule has 11 heteroatoms. The summed E-state index contributed by atoms with van der Waals surface area (Å²) in [4.78, 5) is 48.1. The molecule has 1 aromatic carbocycles. The Morgan fingerprint density at radius 3 is 2.52 bits per heavy atom. The number of ketones is 1. The number of nitrogens with zero attached hydrogens (tertiary/aromatic N) is 3. The standard InChI is InChI=1S/C16H16N4O7/c1-8(21)13-11(18-15(13)23)6-12(22)14(19-17)16(24)27-7-9-2-4-10(5-3-9)20(25)26/h2-5,8,11,13,21H,6-7H2,1H3,(H,18,23)/t8-,11-,13-/m1/s1. The van der Waals surface area contributed by atoms with Crippen LogP contribution in [0, 0.1) is 16.0 Å². The number of esters is 1. The number of benzene rings is 1. The highest BCUT2D eigenvalue weighted by Crippen LogP contribution is 2.22. The third kappa shape index (κ3) is 4.60. The fourth-order valence-corrected chi connectivity index (χ4v) is 2.63. The second kappa shape index (κ2) is 8.30. The van der Waals surface area contributed by atoms with Gasteiger partial charge in [-0.2, -0.15) is 4.79 Å². The highest BCUT2D eigenvalue weighted by Gasteiger charge is 2.45. The zero-order valence-electron chi connectivity index (χ0n) is 14.2. The van der Waals surface area contributed by atoms with Gasteiger partial charge in [0.25, 0.3) is 11.5 Å². The van der Waals surface area contributed by atoms with Gasteiger partial charge in [0.1, 0.15) is 6.61 Å². The van der Waals surface area contributed by atoms with E-state index in [9.17, 15) is 29.6 Å². The highest BCUT2D eigenvalue weighted by atomic mass is 16.6. The molecule has 1 aliphatic rings. The van der Waals surface area contributed by atoms with Gasteiger partial charge in [0, 0.05) is 18.6 Å². The number of non-ortho nitro benzene ring substituents is 1. The number of Topliss-reactive ketones (excluding diaryl/α,β-unsaturated/α-hetero) is 1. The molecule has 142 valence electrons. The lowest BCUT2D eigenvalue weighted by atomic mass is 9.82. The minimum Gasteiger partial charge on any atom is -0.452 e. The maximum Gasteiger partial charge on any atom is 0.441 e.